The molecule has 0 spiro atoms. The lowest BCUT2D eigenvalue weighted by atomic mass is 10.2. The summed E-state index contributed by atoms with van der Waals surface area (Å²) in [5.41, 5.74) is -0.268. The van der Waals surface area contributed by atoms with Gasteiger partial charge < -0.3 is 10.2 Å². The van der Waals surface area contributed by atoms with Gasteiger partial charge in [0.25, 0.3) is 5.69 Å². The molecule has 1 saturated heterocycles. The van der Waals surface area contributed by atoms with E-state index in [9.17, 15) is 28.7 Å². The van der Waals surface area contributed by atoms with Gasteiger partial charge in [-0.1, -0.05) is 12.1 Å². The Labute approximate surface area is 115 Å². The van der Waals surface area contributed by atoms with Gasteiger partial charge in [-0.2, -0.15) is 4.31 Å². The maximum Gasteiger partial charge on any atom is 0.289 e. The normalized spacial score (nSPS) is 23.9. The van der Waals surface area contributed by atoms with Crippen LogP contribution < -0.4 is 0 Å². The van der Waals surface area contributed by atoms with E-state index in [0.717, 1.165) is 10.4 Å². The molecule has 0 unspecified atom stereocenters. The summed E-state index contributed by atoms with van der Waals surface area (Å²) < 4.78 is 25.8. The Morgan fingerprint density at radius 3 is 2.35 bits per heavy atom. The van der Waals surface area contributed by atoms with Gasteiger partial charge in [-0.15, -0.1) is 0 Å². The zero-order chi connectivity index (χ0) is 15.1. The maximum absolute atomic E-state index is 12.5. The number of benzene rings is 1. The molecule has 110 valence electrons. The van der Waals surface area contributed by atoms with Crippen LogP contribution >= 0.6 is 0 Å². The van der Waals surface area contributed by atoms with Crippen LogP contribution in [0.25, 0.3) is 0 Å². The van der Waals surface area contributed by atoms with Crippen LogP contribution in [0.3, 0.4) is 0 Å². The molecule has 0 aromatic heterocycles. The fourth-order valence-electron chi connectivity index (χ4n) is 2.18. The molecular formula is C11H14N2O6S. The molecule has 1 heterocycles. The SMILES string of the molecule is Cc1cccc([N+](=O)[O-])c1S(=O)(=O)N1C[C@@H](O)[C@@H](O)C1. The molecule has 2 rings (SSSR count). The van der Waals surface area contributed by atoms with E-state index in [2.05, 4.69) is 0 Å². The summed E-state index contributed by atoms with van der Waals surface area (Å²) in [6.45, 7) is 0.896. The van der Waals surface area contributed by atoms with Gasteiger partial charge in [-0.25, -0.2) is 8.42 Å². The number of sulfonamides is 1. The van der Waals surface area contributed by atoms with Crippen LogP contribution in [-0.4, -0.2) is 53.2 Å². The second kappa shape index (κ2) is 5.09. The largest absolute Gasteiger partial charge is 0.389 e. The molecule has 0 radical (unpaired) electrons. The Kier molecular flexibility index (Phi) is 3.78. The monoisotopic (exact) mass is 302 g/mol. The molecule has 2 N–H and O–H groups in total. The fourth-order valence-corrected chi connectivity index (χ4v) is 4.01. The first kappa shape index (κ1) is 14.9. The Morgan fingerprint density at radius 2 is 1.85 bits per heavy atom. The van der Waals surface area contributed by atoms with E-state index in [1.165, 1.54) is 19.1 Å². The Bertz CT molecular complexity index is 634. The minimum atomic E-state index is -4.14. The number of β-amino-alcohol motifs (C(OH)–C–C–N with tert-alkyl or cyclic N) is 2. The molecule has 9 heteroatoms. The van der Waals surface area contributed by atoms with Gasteiger partial charge in [0.2, 0.25) is 10.0 Å². The molecule has 8 nitrogen and oxygen atoms in total. The second-order valence-corrected chi connectivity index (χ2v) is 6.51. The number of hydrogen-bond acceptors (Lipinski definition) is 6. The highest BCUT2D eigenvalue weighted by molar-refractivity contribution is 7.89. The zero-order valence-electron chi connectivity index (χ0n) is 10.6. The summed E-state index contributed by atoms with van der Waals surface area (Å²) in [4.78, 5) is 9.83. The minimum Gasteiger partial charge on any atom is -0.389 e. The quantitative estimate of drug-likeness (QED) is 0.580. The van der Waals surface area contributed by atoms with Crippen LogP contribution in [0.5, 0.6) is 0 Å². The van der Waals surface area contributed by atoms with E-state index in [1.54, 1.807) is 0 Å². The van der Waals surface area contributed by atoms with Gasteiger partial charge in [-0.05, 0) is 12.5 Å². The maximum atomic E-state index is 12.5. The van der Waals surface area contributed by atoms with E-state index < -0.39 is 37.7 Å². The van der Waals surface area contributed by atoms with Crippen LogP contribution in [0.4, 0.5) is 5.69 Å². The number of nitrogens with zero attached hydrogens (tertiary/aromatic N) is 2. The Balaban J connectivity index is 2.53. The van der Waals surface area contributed by atoms with Crippen molar-refractivity contribution in [2.45, 2.75) is 24.0 Å². The molecule has 0 bridgehead atoms. The van der Waals surface area contributed by atoms with Crippen molar-refractivity contribution in [3.05, 3.63) is 33.9 Å². The van der Waals surface area contributed by atoms with Gasteiger partial charge in [0.15, 0.2) is 4.90 Å². The van der Waals surface area contributed by atoms with Gasteiger partial charge in [-0.3, -0.25) is 10.1 Å². The van der Waals surface area contributed by atoms with Gasteiger partial charge in [0.05, 0.1) is 17.1 Å². The molecule has 0 amide bonds. The summed E-state index contributed by atoms with van der Waals surface area (Å²) in [5.74, 6) is 0. The van der Waals surface area contributed by atoms with Gasteiger partial charge in [0, 0.05) is 19.2 Å². The van der Waals surface area contributed by atoms with Gasteiger partial charge in [0.1, 0.15) is 0 Å². The number of rotatable bonds is 3. The average Bonchev–Trinajstić information content (AvgIpc) is 2.69. The van der Waals surface area contributed by atoms with Crippen LogP contribution in [0, 0.1) is 17.0 Å². The van der Waals surface area contributed by atoms with Crippen LogP contribution in [0.15, 0.2) is 23.1 Å². The fraction of sp³-hybridized carbons (Fsp3) is 0.455. The van der Waals surface area contributed by atoms with Crippen molar-refractivity contribution >= 4 is 15.7 Å². The van der Waals surface area contributed by atoms with Crippen molar-refractivity contribution in [1.29, 1.82) is 0 Å². The number of hydrogen-bond donors (Lipinski definition) is 2. The third-order valence-corrected chi connectivity index (χ3v) is 5.24. The standard InChI is InChI=1S/C11H14N2O6S/c1-7-3-2-4-8(13(16)17)11(7)20(18,19)12-5-9(14)10(15)6-12/h2-4,9-10,14-15H,5-6H2,1H3/t9-,10+. The van der Waals surface area contributed by atoms with Crippen LogP contribution in [0.2, 0.25) is 0 Å². The van der Waals surface area contributed by atoms with Gasteiger partial charge >= 0.3 is 0 Å². The van der Waals surface area contributed by atoms with E-state index in [1.807, 2.05) is 0 Å². The second-order valence-electron chi connectivity index (χ2n) is 4.64. The van der Waals surface area contributed by atoms with Crippen molar-refractivity contribution in [3.63, 3.8) is 0 Å². The summed E-state index contributed by atoms with van der Waals surface area (Å²) in [5, 5.41) is 29.9. The van der Waals surface area contributed by atoms with Crippen molar-refractivity contribution in [3.8, 4) is 0 Å². The van der Waals surface area contributed by atoms with Crippen molar-refractivity contribution < 1.29 is 23.6 Å². The third-order valence-electron chi connectivity index (χ3n) is 3.21. The lowest BCUT2D eigenvalue weighted by molar-refractivity contribution is -0.387. The highest BCUT2D eigenvalue weighted by Crippen LogP contribution is 2.31. The molecule has 2 atom stereocenters. The molecule has 1 aliphatic rings. The number of aliphatic hydroxyl groups is 2. The number of aryl methyl sites for hydroxylation is 1. The summed E-state index contributed by atoms with van der Waals surface area (Å²) in [7, 11) is -4.14. The first-order valence-corrected chi connectivity index (χ1v) is 7.29. The number of nitro benzene ring substituents is 1. The lowest BCUT2D eigenvalue weighted by Gasteiger charge is -2.17. The number of nitro groups is 1. The molecule has 0 aliphatic carbocycles. The van der Waals surface area contributed by atoms with Crippen LogP contribution in [-0.2, 0) is 10.0 Å². The number of aliphatic hydroxyl groups excluding tert-OH is 2. The van der Waals surface area contributed by atoms with Crippen molar-refractivity contribution in [1.82, 2.24) is 4.31 Å². The van der Waals surface area contributed by atoms with E-state index in [4.69, 9.17) is 0 Å². The molecule has 20 heavy (non-hydrogen) atoms. The van der Waals surface area contributed by atoms with E-state index >= 15 is 0 Å². The topological polar surface area (TPSA) is 121 Å². The lowest BCUT2D eigenvalue weighted by Crippen LogP contribution is -2.31. The molecule has 1 aromatic carbocycles. The average molecular weight is 302 g/mol. The molecule has 0 saturated carbocycles. The smallest absolute Gasteiger partial charge is 0.289 e. The molecule has 1 aromatic rings. The molecule has 1 fully saturated rings. The zero-order valence-corrected chi connectivity index (χ0v) is 11.4. The minimum absolute atomic E-state index is 0.245. The van der Waals surface area contributed by atoms with E-state index in [0.29, 0.717) is 0 Å². The predicted octanol–water partition coefficient (Wildman–Crippen LogP) is -0.371. The first-order chi connectivity index (χ1) is 9.25. The Hall–Kier alpha value is -1.55. The summed E-state index contributed by atoms with van der Waals surface area (Å²) in [6, 6.07) is 3.98. The summed E-state index contributed by atoms with van der Waals surface area (Å²) >= 11 is 0. The van der Waals surface area contributed by atoms with Crippen molar-refractivity contribution in [2.75, 3.05) is 13.1 Å². The van der Waals surface area contributed by atoms with Crippen LogP contribution in [0.1, 0.15) is 5.56 Å². The van der Waals surface area contributed by atoms with Crippen molar-refractivity contribution in [2.24, 2.45) is 0 Å². The highest BCUT2D eigenvalue weighted by atomic mass is 32.2. The molecular weight excluding hydrogens is 288 g/mol. The Morgan fingerprint density at radius 1 is 1.30 bits per heavy atom. The van der Waals surface area contributed by atoms with E-state index in [-0.39, 0.29) is 18.7 Å². The predicted molar refractivity (Wildman–Crippen MR) is 68.6 cm³/mol. The third kappa shape index (κ3) is 2.40. The highest BCUT2D eigenvalue weighted by Gasteiger charge is 2.40. The first-order valence-electron chi connectivity index (χ1n) is 5.85. The molecule has 1 aliphatic heterocycles. The summed E-state index contributed by atoms with van der Waals surface area (Å²) in [6.07, 6.45) is -2.37.